The van der Waals surface area contributed by atoms with Gasteiger partial charge < -0.3 is 0 Å². The van der Waals surface area contributed by atoms with E-state index in [-0.39, 0.29) is 0 Å². The lowest BCUT2D eigenvalue weighted by atomic mass is 8.87. The minimum absolute atomic E-state index is 0.720. The van der Waals surface area contributed by atoms with Gasteiger partial charge in [0.2, 0.25) is 0 Å². The Balaban J connectivity index is 2.57. The van der Waals surface area contributed by atoms with Crippen molar-refractivity contribution in [3.63, 3.8) is 0 Å². The molecule has 0 aromatic rings. The first kappa shape index (κ1) is 9.41. The van der Waals surface area contributed by atoms with Crippen molar-refractivity contribution in [2.75, 3.05) is 0 Å². The van der Waals surface area contributed by atoms with E-state index in [1.165, 1.54) is 41.9 Å². The SMILES string of the molecule is CCC1(C(C)C)BBBBB1. The summed E-state index contributed by atoms with van der Waals surface area (Å²) >= 11 is 0. The standard InChI is InChI=1S/C6H17B5/c1-4-6(5(2)3)7-9-11-10-8-6/h5,7-11H,4H2,1-3H3. The molecule has 0 N–H and O–H groups in total. The minimum Gasteiger partial charge on any atom is -0.0904 e. The molecule has 1 saturated heterocycles. The van der Waals surface area contributed by atoms with Crippen molar-refractivity contribution in [1.82, 2.24) is 0 Å². The molecule has 0 radical (unpaired) electrons. The van der Waals surface area contributed by atoms with E-state index in [1.807, 2.05) is 0 Å². The highest BCUT2D eigenvalue weighted by Gasteiger charge is 2.34. The van der Waals surface area contributed by atoms with E-state index in [9.17, 15) is 0 Å². The monoisotopic (exact) mass is 144 g/mol. The maximum Gasteiger partial charge on any atom is 0.0756 e. The zero-order valence-electron chi connectivity index (χ0n) is 8.32. The molecule has 0 bridgehead atoms. The Labute approximate surface area is 74.4 Å². The van der Waals surface area contributed by atoms with Gasteiger partial charge in [-0.2, -0.15) is 0 Å². The molecule has 0 aliphatic carbocycles. The normalized spacial score (nSPS) is 20.4. The van der Waals surface area contributed by atoms with Crippen LogP contribution >= 0.6 is 0 Å². The van der Waals surface area contributed by atoms with Crippen molar-refractivity contribution >= 4 is 35.5 Å². The third-order valence-corrected chi connectivity index (χ3v) is 3.78. The first-order chi connectivity index (χ1) is 5.21. The van der Waals surface area contributed by atoms with Crippen molar-refractivity contribution in [2.45, 2.75) is 32.4 Å². The minimum atomic E-state index is 0.720. The Morgan fingerprint density at radius 2 is 1.64 bits per heavy atom. The average Bonchev–Trinajstić information content (AvgIpc) is 2.05. The summed E-state index contributed by atoms with van der Waals surface area (Å²) in [6, 6.07) is 0. The highest BCUT2D eigenvalue weighted by atomic mass is 14.1. The van der Waals surface area contributed by atoms with Crippen LogP contribution in [0.5, 0.6) is 0 Å². The summed E-state index contributed by atoms with van der Waals surface area (Å²) in [5, 5.41) is 0.720. The van der Waals surface area contributed by atoms with Gasteiger partial charge in [0.15, 0.2) is 0 Å². The molecule has 1 heterocycles. The topological polar surface area (TPSA) is 0 Å². The number of hydrogen-bond donors (Lipinski definition) is 0. The molecular weight excluding hydrogens is 126 g/mol. The van der Waals surface area contributed by atoms with E-state index >= 15 is 0 Å². The van der Waals surface area contributed by atoms with Gasteiger partial charge in [0.25, 0.3) is 0 Å². The van der Waals surface area contributed by atoms with Gasteiger partial charge in [-0.15, -0.1) is 0 Å². The molecule has 5 heteroatoms. The molecule has 56 valence electrons. The fraction of sp³-hybridized carbons (Fsp3) is 1.00. The van der Waals surface area contributed by atoms with Crippen LogP contribution in [0, 0.1) is 5.92 Å². The molecule has 0 saturated carbocycles. The zero-order chi connectivity index (χ0) is 8.32. The molecule has 0 aromatic heterocycles. The zero-order valence-corrected chi connectivity index (χ0v) is 8.32. The van der Waals surface area contributed by atoms with Crippen LogP contribution in [0.25, 0.3) is 0 Å². The Bertz CT molecular complexity index is 118. The van der Waals surface area contributed by atoms with E-state index in [4.69, 9.17) is 0 Å². The summed E-state index contributed by atoms with van der Waals surface area (Å²) in [7, 11) is 7.41. The first-order valence-corrected chi connectivity index (χ1v) is 5.21. The van der Waals surface area contributed by atoms with E-state index in [0.29, 0.717) is 0 Å². The Morgan fingerprint density at radius 1 is 1.09 bits per heavy atom. The third kappa shape index (κ3) is 1.92. The molecule has 1 aliphatic heterocycles. The summed E-state index contributed by atoms with van der Waals surface area (Å²) in [6.07, 6.45) is 1.39. The second-order valence-corrected chi connectivity index (χ2v) is 4.43. The van der Waals surface area contributed by atoms with Gasteiger partial charge >= 0.3 is 0 Å². The molecule has 0 amide bonds. The molecular formula is C6H17B5. The van der Waals surface area contributed by atoms with Crippen molar-refractivity contribution in [2.24, 2.45) is 5.92 Å². The second-order valence-electron chi connectivity index (χ2n) is 4.43. The highest BCUT2D eigenvalue weighted by Crippen LogP contribution is 2.36. The van der Waals surface area contributed by atoms with Gasteiger partial charge in [0.1, 0.15) is 0 Å². The summed E-state index contributed by atoms with van der Waals surface area (Å²) in [4.78, 5) is 0. The predicted molar refractivity (Wildman–Crippen MR) is 63.6 cm³/mol. The summed E-state index contributed by atoms with van der Waals surface area (Å²) in [6.45, 7) is 7.16. The van der Waals surface area contributed by atoms with Crippen LogP contribution in [0.3, 0.4) is 0 Å². The number of rotatable bonds is 2. The van der Waals surface area contributed by atoms with Gasteiger partial charge in [-0.1, -0.05) is 38.3 Å². The lowest BCUT2D eigenvalue weighted by molar-refractivity contribution is 0.519. The first-order valence-electron chi connectivity index (χ1n) is 5.21. The third-order valence-electron chi connectivity index (χ3n) is 3.78. The van der Waals surface area contributed by atoms with Crippen LogP contribution in [-0.4, -0.2) is 35.5 Å². The van der Waals surface area contributed by atoms with Crippen molar-refractivity contribution in [3.05, 3.63) is 0 Å². The van der Waals surface area contributed by atoms with Crippen molar-refractivity contribution in [3.8, 4) is 0 Å². The molecule has 11 heavy (non-hydrogen) atoms. The molecule has 1 rings (SSSR count). The van der Waals surface area contributed by atoms with Gasteiger partial charge in [-0.05, 0) is 0 Å². The Morgan fingerprint density at radius 3 is 1.91 bits per heavy atom. The van der Waals surface area contributed by atoms with Crippen LogP contribution in [0.2, 0.25) is 5.21 Å². The summed E-state index contributed by atoms with van der Waals surface area (Å²) < 4.78 is 0. The quantitative estimate of drug-likeness (QED) is 0.436. The molecule has 0 unspecified atom stereocenters. The number of hydrogen-bond acceptors (Lipinski definition) is 0. The van der Waals surface area contributed by atoms with E-state index in [1.54, 1.807) is 0 Å². The summed E-state index contributed by atoms with van der Waals surface area (Å²) in [5.41, 5.74) is 0. The molecule has 0 spiro atoms. The van der Waals surface area contributed by atoms with Crippen LogP contribution < -0.4 is 0 Å². The largest absolute Gasteiger partial charge is 0.0904 e. The van der Waals surface area contributed by atoms with Crippen LogP contribution in [0.4, 0.5) is 0 Å². The van der Waals surface area contributed by atoms with Gasteiger partial charge in [0.05, 0.1) is 14.3 Å². The van der Waals surface area contributed by atoms with Gasteiger partial charge in [-0.25, -0.2) is 0 Å². The molecule has 1 aliphatic rings. The molecule has 1 fully saturated rings. The highest BCUT2D eigenvalue weighted by molar-refractivity contribution is 7.58. The van der Waals surface area contributed by atoms with Gasteiger partial charge in [0, 0.05) is 21.2 Å². The maximum absolute atomic E-state index is 2.40. The Hall–Kier alpha value is 0.325. The fourth-order valence-electron chi connectivity index (χ4n) is 2.60. The van der Waals surface area contributed by atoms with Crippen molar-refractivity contribution < 1.29 is 0 Å². The van der Waals surface area contributed by atoms with E-state index < -0.39 is 0 Å². The predicted octanol–water partition coefficient (Wildman–Crippen LogP) is -0.975. The molecule has 0 aromatic carbocycles. The average molecular weight is 143 g/mol. The van der Waals surface area contributed by atoms with Crippen molar-refractivity contribution in [1.29, 1.82) is 0 Å². The Kier molecular flexibility index (Phi) is 3.27. The molecule has 0 nitrogen and oxygen atoms in total. The maximum atomic E-state index is 2.40. The van der Waals surface area contributed by atoms with Crippen LogP contribution in [-0.2, 0) is 0 Å². The lowest BCUT2D eigenvalue weighted by Crippen LogP contribution is -2.47. The fourth-order valence-corrected chi connectivity index (χ4v) is 2.60. The van der Waals surface area contributed by atoms with Gasteiger partial charge in [-0.3, -0.25) is 0 Å². The second kappa shape index (κ2) is 3.82. The lowest BCUT2D eigenvalue weighted by Gasteiger charge is -2.39. The smallest absolute Gasteiger partial charge is 0.0756 e. The molecule has 0 atom stereocenters. The van der Waals surface area contributed by atoms with E-state index in [0.717, 1.165) is 11.1 Å². The summed E-state index contributed by atoms with van der Waals surface area (Å²) in [5.74, 6) is 0.896. The van der Waals surface area contributed by atoms with E-state index in [2.05, 4.69) is 20.8 Å². The van der Waals surface area contributed by atoms with Crippen LogP contribution in [0.15, 0.2) is 0 Å². The van der Waals surface area contributed by atoms with Crippen LogP contribution in [0.1, 0.15) is 27.2 Å².